The number of alkyl halides is 1. The largest absolute Gasteiger partial charge is 0.261 e. The van der Waals surface area contributed by atoms with E-state index in [0.29, 0.717) is 4.83 Å². The molecule has 16 heavy (non-hydrogen) atoms. The van der Waals surface area contributed by atoms with Gasteiger partial charge in [-0.05, 0) is 30.2 Å². The standard InChI is InChI=1S/C14H14BrN/c1-11-7-8-16-13(9-11)10-14(15)12-5-3-2-4-6-12/h2-9,14H,10H2,1H3. The molecule has 0 saturated carbocycles. The zero-order valence-corrected chi connectivity index (χ0v) is 10.8. The van der Waals surface area contributed by atoms with Gasteiger partial charge in [0.25, 0.3) is 0 Å². The van der Waals surface area contributed by atoms with Crippen LogP contribution in [0.15, 0.2) is 48.7 Å². The first kappa shape index (κ1) is 11.3. The fourth-order valence-corrected chi connectivity index (χ4v) is 2.31. The molecule has 0 aliphatic rings. The molecule has 0 amide bonds. The van der Waals surface area contributed by atoms with E-state index >= 15 is 0 Å². The summed E-state index contributed by atoms with van der Waals surface area (Å²) in [4.78, 5) is 4.71. The minimum absolute atomic E-state index is 0.336. The summed E-state index contributed by atoms with van der Waals surface area (Å²) < 4.78 is 0. The lowest BCUT2D eigenvalue weighted by Gasteiger charge is -2.09. The quantitative estimate of drug-likeness (QED) is 0.770. The predicted molar refractivity (Wildman–Crippen MR) is 70.8 cm³/mol. The monoisotopic (exact) mass is 275 g/mol. The maximum atomic E-state index is 4.38. The molecular formula is C14H14BrN. The van der Waals surface area contributed by atoms with Crippen molar-refractivity contribution in [1.82, 2.24) is 4.98 Å². The average Bonchev–Trinajstić information content (AvgIpc) is 2.30. The van der Waals surface area contributed by atoms with Crippen molar-refractivity contribution in [3.05, 3.63) is 65.5 Å². The number of benzene rings is 1. The Labute approximate surface area is 105 Å². The third-order valence-electron chi connectivity index (χ3n) is 2.52. The second kappa shape index (κ2) is 5.26. The van der Waals surface area contributed by atoms with Gasteiger partial charge >= 0.3 is 0 Å². The van der Waals surface area contributed by atoms with Gasteiger partial charge in [-0.25, -0.2) is 0 Å². The molecule has 2 heteroatoms. The van der Waals surface area contributed by atoms with Crippen molar-refractivity contribution < 1.29 is 0 Å². The highest BCUT2D eigenvalue weighted by molar-refractivity contribution is 9.09. The van der Waals surface area contributed by atoms with Gasteiger partial charge in [0.2, 0.25) is 0 Å². The van der Waals surface area contributed by atoms with Gasteiger partial charge in [-0.3, -0.25) is 4.98 Å². The molecule has 2 rings (SSSR count). The zero-order valence-electron chi connectivity index (χ0n) is 9.23. The molecule has 1 aromatic heterocycles. The molecule has 0 fully saturated rings. The minimum Gasteiger partial charge on any atom is -0.261 e. The van der Waals surface area contributed by atoms with Gasteiger partial charge in [0, 0.05) is 23.1 Å². The van der Waals surface area contributed by atoms with Gasteiger partial charge in [-0.2, -0.15) is 0 Å². The molecule has 1 aromatic carbocycles. The Morgan fingerprint density at radius 2 is 1.94 bits per heavy atom. The zero-order chi connectivity index (χ0) is 11.4. The van der Waals surface area contributed by atoms with Gasteiger partial charge in [-0.1, -0.05) is 46.3 Å². The fourth-order valence-electron chi connectivity index (χ4n) is 1.67. The molecule has 0 saturated heterocycles. The number of hydrogen-bond donors (Lipinski definition) is 0. The lowest BCUT2D eigenvalue weighted by atomic mass is 10.1. The summed E-state index contributed by atoms with van der Waals surface area (Å²) in [6, 6.07) is 14.6. The molecule has 2 aromatic rings. The van der Waals surface area contributed by atoms with Crippen molar-refractivity contribution in [2.45, 2.75) is 18.2 Å². The van der Waals surface area contributed by atoms with Crippen LogP contribution >= 0.6 is 15.9 Å². The first-order chi connectivity index (χ1) is 7.75. The summed E-state index contributed by atoms with van der Waals surface area (Å²) in [5.74, 6) is 0. The summed E-state index contributed by atoms with van der Waals surface area (Å²) in [6.07, 6.45) is 2.79. The van der Waals surface area contributed by atoms with Crippen LogP contribution in [-0.2, 0) is 6.42 Å². The average molecular weight is 276 g/mol. The third-order valence-corrected chi connectivity index (χ3v) is 3.37. The maximum absolute atomic E-state index is 4.38. The van der Waals surface area contributed by atoms with Gasteiger partial charge < -0.3 is 0 Å². The molecule has 82 valence electrons. The highest BCUT2D eigenvalue weighted by Crippen LogP contribution is 2.26. The number of rotatable bonds is 3. The van der Waals surface area contributed by atoms with E-state index in [2.05, 4.69) is 58.2 Å². The minimum atomic E-state index is 0.336. The SMILES string of the molecule is Cc1ccnc(CC(Br)c2ccccc2)c1. The summed E-state index contributed by atoms with van der Waals surface area (Å²) >= 11 is 3.71. The lowest BCUT2D eigenvalue weighted by Crippen LogP contribution is -1.97. The van der Waals surface area contributed by atoms with Crippen molar-refractivity contribution in [3.8, 4) is 0 Å². The van der Waals surface area contributed by atoms with Gasteiger partial charge in [0.05, 0.1) is 0 Å². The van der Waals surface area contributed by atoms with Crippen LogP contribution in [0.5, 0.6) is 0 Å². The Kier molecular flexibility index (Phi) is 3.73. The second-order valence-corrected chi connectivity index (χ2v) is 5.01. The molecule has 0 aliphatic carbocycles. The van der Waals surface area contributed by atoms with E-state index in [1.54, 1.807) is 0 Å². The Morgan fingerprint density at radius 1 is 1.19 bits per heavy atom. The third kappa shape index (κ3) is 2.92. The number of pyridine rings is 1. The molecule has 1 nitrogen and oxygen atoms in total. The number of aryl methyl sites for hydroxylation is 1. The topological polar surface area (TPSA) is 12.9 Å². The normalized spacial score (nSPS) is 12.4. The van der Waals surface area contributed by atoms with E-state index in [0.717, 1.165) is 12.1 Å². The van der Waals surface area contributed by atoms with Gasteiger partial charge in [-0.15, -0.1) is 0 Å². The van der Waals surface area contributed by atoms with Crippen LogP contribution in [0.4, 0.5) is 0 Å². The fraction of sp³-hybridized carbons (Fsp3) is 0.214. The molecule has 1 unspecified atom stereocenters. The van der Waals surface area contributed by atoms with Crippen LogP contribution in [0.25, 0.3) is 0 Å². The Bertz CT molecular complexity index is 453. The van der Waals surface area contributed by atoms with Crippen LogP contribution in [0.2, 0.25) is 0 Å². The Morgan fingerprint density at radius 3 is 2.62 bits per heavy atom. The van der Waals surface area contributed by atoms with E-state index in [4.69, 9.17) is 0 Å². The van der Waals surface area contributed by atoms with E-state index in [-0.39, 0.29) is 0 Å². The molecule has 0 N–H and O–H groups in total. The Hall–Kier alpha value is -1.15. The molecule has 1 atom stereocenters. The van der Waals surface area contributed by atoms with E-state index in [9.17, 15) is 0 Å². The number of nitrogens with zero attached hydrogens (tertiary/aromatic N) is 1. The van der Waals surface area contributed by atoms with E-state index in [1.807, 2.05) is 18.3 Å². The highest BCUT2D eigenvalue weighted by Gasteiger charge is 2.08. The summed E-state index contributed by atoms with van der Waals surface area (Å²) in [5, 5.41) is 0. The van der Waals surface area contributed by atoms with Crippen LogP contribution in [0.1, 0.15) is 21.6 Å². The lowest BCUT2D eigenvalue weighted by molar-refractivity contribution is 0.902. The second-order valence-electron chi connectivity index (χ2n) is 3.91. The van der Waals surface area contributed by atoms with E-state index in [1.165, 1.54) is 11.1 Å². The van der Waals surface area contributed by atoms with Crippen LogP contribution in [0.3, 0.4) is 0 Å². The van der Waals surface area contributed by atoms with Crippen molar-refractivity contribution in [1.29, 1.82) is 0 Å². The van der Waals surface area contributed by atoms with E-state index < -0.39 is 0 Å². The number of aromatic nitrogens is 1. The molecule has 0 bridgehead atoms. The van der Waals surface area contributed by atoms with Crippen molar-refractivity contribution in [3.63, 3.8) is 0 Å². The Balaban J connectivity index is 2.11. The van der Waals surface area contributed by atoms with Crippen LogP contribution in [0, 0.1) is 6.92 Å². The molecule has 0 radical (unpaired) electrons. The van der Waals surface area contributed by atoms with Crippen LogP contribution in [-0.4, -0.2) is 4.98 Å². The van der Waals surface area contributed by atoms with Crippen molar-refractivity contribution in [2.75, 3.05) is 0 Å². The van der Waals surface area contributed by atoms with Crippen LogP contribution < -0.4 is 0 Å². The molecule has 0 aliphatic heterocycles. The summed E-state index contributed by atoms with van der Waals surface area (Å²) in [6.45, 7) is 2.09. The summed E-state index contributed by atoms with van der Waals surface area (Å²) in [7, 11) is 0. The summed E-state index contributed by atoms with van der Waals surface area (Å²) in [5.41, 5.74) is 3.69. The molecule has 0 spiro atoms. The van der Waals surface area contributed by atoms with Crippen molar-refractivity contribution in [2.24, 2.45) is 0 Å². The van der Waals surface area contributed by atoms with Crippen molar-refractivity contribution >= 4 is 15.9 Å². The number of hydrogen-bond acceptors (Lipinski definition) is 1. The first-order valence-corrected chi connectivity index (χ1v) is 6.28. The number of halogens is 1. The molecule has 1 heterocycles. The highest BCUT2D eigenvalue weighted by atomic mass is 79.9. The van der Waals surface area contributed by atoms with Gasteiger partial charge in [0.15, 0.2) is 0 Å². The molecular weight excluding hydrogens is 262 g/mol. The van der Waals surface area contributed by atoms with Gasteiger partial charge in [0.1, 0.15) is 0 Å². The first-order valence-electron chi connectivity index (χ1n) is 5.36. The predicted octanol–water partition coefficient (Wildman–Crippen LogP) is 4.07. The maximum Gasteiger partial charge on any atom is 0.0450 e. The smallest absolute Gasteiger partial charge is 0.0450 e.